The number of carbonyl (C=O) groups is 1. The lowest BCUT2D eigenvalue weighted by atomic mass is 9.93. The van der Waals surface area contributed by atoms with Crippen molar-refractivity contribution < 1.29 is 9.21 Å². The number of nitrogens with two attached hydrogens (primary N) is 1. The summed E-state index contributed by atoms with van der Waals surface area (Å²) in [5.41, 5.74) is 7.02. The molecule has 1 fully saturated rings. The molecule has 1 aromatic carbocycles. The zero-order chi connectivity index (χ0) is 13.4. The van der Waals surface area contributed by atoms with Crippen LogP contribution in [-0.4, -0.2) is 23.5 Å². The second kappa shape index (κ2) is 4.57. The molecule has 19 heavy (non-hydrogen) atoms. The number of aromatic nitrogens is 1. The Morgan fingerprint density at radius 1 is 1.42 bits per heavy atom. The highest BCUT2D eigenvalue weighted by Gasteiger charge is 2.31. The van der Waals surface area contributed by atoms with E-state index in [1.54, 1.807) is 0 Å². The fourth-order valence-corrected chi connectivity index (χ4v) is 2.59. The Hall–Kier alpha value is -2.04. The second-order valence-electron chi connectivity index (χ2n) is 5.14. The third-order valence-electron chi connectivity index (χ3n) is 3.81. The van der Waals surface area contributed by atoms with Crippen LogP contribution >= 0.6 is 0 Å². The van der Waals surface area contributed by atoms with Crippen LogP contribution in [0.3, 0.4) is 0 Å². The summed E-state index contributed by atoms with van der Waals surface area (Å²) >= 11 is 0. The average molecular weight is 259 g/mol. The Morgan fingerprint density at radius 2 is 2.21 bits per heavy atom. The van der Waals surface area contributed by atoms with Crippen LogP contribution in [-0.2, 0) is 4.79 Å². The van der Waals surface area contributed by atoms with Gasteiger partial charge in [0.05, 0.1) is 5.92 Å². The topological polar surface area (TPSA) is 72.4 Å². The fourth-order valence-electron chi connectivity index (χ4n) is 2.59. The minimum Gasteiger partial charge on any atom is -0.423 e. The number of para-hydroxylation sites is 2. The summed E-state index contributed by atoms with van der Waals surface area (Å²) in [6.45, 7) is 2.70. The molecule has 2 heterocycles. The van der Waals surface area contributed by atoms with E-state index in [4.69, 9.17) is 10.2 Å². The van der Waals surface area contributed by atoms with Crippen molar-refractivity contribution in [2.24, 2.45) is 11.7 Å². The van der Waals surface area contributed by atoms with Crippen LogP contribution in [0.25, 0.3) is 11.1 Å². The van der Waals surface area contributed by atoms with Crippen molar-refractivity contribution in [2.45, 2.75) is 25.8 Å². The van der Waals surface area contributed by atoms with Gasteiger partial charge in [0, 0.05) is 12.6 Å². The Kier molecular flexibility index (Phi) is 2.89. The molecule has 1 amide bonds. The first kappa shape index (κ1) is 12.0. The monoisotopic (exact) mass is 259 g/mol. The smallest absolute Gasteiger partial charge is 0.298 e. The molecule has 100 valence electrons. The maximum Gasteiger partial charge on any atom is 0.298 e. The van der Waals surface area contributed by atoms with Crippen molar-refractivity contribution in [3.63, 3.8) is 0 Å². The molecule has 5 heteroatoms. The first-order valence-electron chi connectivity index (χ1n) is 6.56. The predicted octanol–water partition coefficient (Wildman–Crippen LogP) is 1.92. The van der Waals surface area contributed by atoms with Gasteiger partial charge in [0.1, 0.15) is 5.52 Å². The summed E-state index contributed by atoms with van der Waals surface area (Å²) < 4.78 is 5.77. The van der Waals surface area contributed by atoms with Gasteiger partial charge in [0.2, 0.25) is 5.91 Å². The van der Waals surface area contributed by atoms with Crippen LogP contribution in [0.5, 0.6) is 0 Å². The van der Waals surface area contributed by atoms with Gasteiger partial charge < -0.3 is 15.1 Å². The lowest BCUT2D eigenvalue weighted by molar-refractivity contribution is -0.122. The van der Waals surface area contributed by atoms with E-state index in [0.717, 1.165) is 23.9 Å². The lowest BCUT2D eigenvalue weighted by Crippen LogP contribution is -2.46. The molecule has 1 aliphatic heterocycles. The minimum absolute atomic E-state index is 0.119. The molecule has 0 aliphatic carbocycles. The van der Waals surface area contributed by atoms with Crippen LogP contribution in [0.4, 0.5) is 6.01 Å². The molecule has 0 spiro atoms. The van der Waals surface area contributed by atoms with Crippen molar-refractivity contribution in [1.29, 1.82) is 0 Å². The van der Waals surface area contributed by atoms with Crippen molar-refractivity contribution in [3.05, 3.63) is 24.3 Å². The second-order valence-corrected chi connectivity index (χ2v) is 5.14. The zero-order valence-electron chi connectivity index (χ0n) is 10.9. The largest absolute Gasteiger partial charge is 0.423 e. The molecular weight excluding hydrogens is 242 g/mol. The van der Waals surface area contributed by atoms with Gasteiger partial charge in [-0.1, -0.05) is 12.1 Å². The van der Waals surface area contributed by atoms with E-state index in [1.807, 2.05) is 29.2 Å². The van der Waals surface area contributed by atoms with Gasteiger partial charge in [0.15, 0.2) is 5.58 Å². The molecule has 1 aromatic heterocycles. The fraction of sp³-hybridized carbons (Fsp3) is 0.429. The highest BCUT2D eigenvalue weighted by Crippen LogP contribution is 2.29. The van der Waals surface area contributed by atoms with Crippen molar-refractivity contribution in [3.8, 4) is 0 Å². The average Bonchev–Trinajstić information content (AvgIpc) is 2.82. The number of anilines is 1. The molecule has 1 aliphatic rings. The van der Waals surface area contributed by atoms with Crippen LogP contribution in [0, 0.1) is 5.92 Å². The number of fused-ring (bicyclic) bond motifs is 1. The molecule has 3 rings (SSSR count). The highest BCUT2D eigenvalue weighted by atomic mass is 16.4. The van der Waals surface area contributed by atoms with Gasteiger partial charge in [-0.15, -0.1) is 0 Å². The molecule has 0 radical (unpaired) electrons. The number of benzene rings is 1. The third kappa shape index (κ3) is 2.16. The lowest BCUT2D eigenvalue weighted by Gasteiger charge is -2.35. The first-order valence-corrected chi connectivity index (χ1v) is 6.56. The quantitative estimate of drug-likeness (QED) is 0.894. The van der Waals surface area contributed by atoms with Crippen LogP contribution in [0.15, 0.2) is 28.7 Å². The number of piperidine rings is 1. The normalized spacial score (nSPS) is 23.7. The highest BCUT2D eigenvalue weighted by molar-refractivity contribution is 5.78. The Morgan fingerprint density at radius 3 is 2.95 bits per heavy atom. The third-order valence-corrected chi connectivity index (χ3v) is 3.81. The zero-order valence-corrected chi connectivity index (χ0v) is 10.9. The maximum atomic E-state index is 11.4. The van der Waals surface area contributed by atoms with Crippen LogP contribution in [0.2, 0.25) is 0 Å². The number of rotatable bonds is 2. The summed E-state index contributed by atoms with van der Waals surface area (Å²) in [4.78, 5) is 17.9. The molecule has 2 atom stereocenters. The summed E-state index contributed by atoms with van der Waals surface area (Å²) in [7, 11) is 0. The van der Waals surface area contributed by atoms with Gasteiger partial charge in [-0.05, 0) is 31.9 Å². The maximum absolute atomic E-state index is 11.4. The Bertz CT molecular complexity index is 575. The van der Waals surface area contributed by atoms with Gasteiger partial charge in [-0.3, -0.25) is 4.79 Å². The van der Waals surface area contributed by atoms with Gasteiger partial charge in [0.25, 0.3) is 6.01 Å². The van der Waals surface area contributed by atoms with E-state index in [-0.39, 0.29) is 11.8 Å². The summed E-state index contributed by atoms with van der Waals surface area (Å²) in [6, 6.07) is 8.56. The molecule has 1 saturated heterocycles. The Balaban J connectivity index is 1.92. The van der Waals surface area contributed by atoms with Crippen molar-refractivity contribution >= 4 is 23.0 Å². The SMILES string of the molecule is CC1CCC(C(N)=O)CN1c1nc2ccccc2o1. The standard InChI is InChI=1S/C14H17N3O2/c1-9-6-7-10(13(15)18)8-17(9)14-16-11-4-2-3-5-12(11)19-14/h2-5,9-10H,6-8H2,1H3,(H2,15,18). The predicted molar refractivity (Wildman–Crippen MR) is 72.7 cm³/mol. The number of hydrogen-bond donors (Lipinski definition) is 1. The number of hydrogen-bond acceptors (Lipinski definition) is 4. The minimum atomic E-state index is -0.243. The molecular formula is C14H17N3O2. The van der Waals surface area contributed by atoms with Crippen LogP contribution in [0.1, 0.15) is 19.8 Å². The molecule has 0 saturated carbocycles. The molecule has 5 nitrogen and oxygen atoms in total. The number of nitrogens with zero attached hydrogens (tertiary/aromatic N) is 2. The van der Waals surface area contributed by atoms with E-state index < -0.39 is 0 Å². The molecule has 2 unspecified atom stereocenters. The summed E-state index contributed by atoms with van der Waals surface area (Å²) in [5.74, 6) is -0.362. The van der Waals surface area contributed by atoms with Gasteiger partial charge in [-0.25, -0.2) is 0 Å². The number of carbonyl (C=O) groups excluding carboxylic acids is 1. The van der Waals surface area contributed by atoms with E-state index in [9.17, 15) is 4.79 Å². The van der Waals surface area contributed by atoms with Gasteiger partial charge >= 0.3 is 0 Å². The summed E-state index contributed by atoms with van der Waals surface area (Å²) in [6.07, 6.45) is 1.76. The molecule has 2 aromatic rings. The molecule has 2 N–H and O–H groups in total. The van der Waals surface area contributed by atoms with Crippen molar-refractivity contribution in [2.75, 3.05) is 11.4 Å². The number of amides is 1. The van der Waals surface area contributed by atoms with E-state index >= 15 is 0 Å². The summed E-state index contributed by atoms with van der Waals surface area (Å²) in [5, 5.41) is 0. The van der Waals surface area contributed by atoms with Crippen LogP contribution < -0.4 is 10.6 Å². The van der Waals surface area contributed by atoms with E-state index in [0.29, 0.717) is 18.6 Å². The van der Waals surface area contributed by atoms with Gasteiger partial charge in [-0.2, -0.15) is 4.98 Å². The number of oxazole rings is 1. The Labute approximate surface area is 111 Å². The first-order chi connectivity index (χ1) is 9.15. The number of primary amides is 1. The van der Waals surface area contributed by atoms with E-state index in [2.05, 4.69) is 11.9 Å². The molecule has 0 bridgehead atoms. The van der Waals surface area contributed by atoms with E-state index in [1.165, 1.54) is 0 Å². The van der Waals surface area contributed by atoms with Crippen molar-refractivity contribution in [1.82, 2.24) is 4.98 Å².